The van der Waals surface area contributed by atoms with Crippen LogP contribution in [0.1, 0.15) is 16.1 Å². The lowest BCUT2D eigenvalue weighted by molar-refractivity contribution is 0.0993. The van der Waals surface area contributed by atoms with Crippen molar-refractivity contribution in [1.29, 1.82) is 0 Å². The molecule has 132 valence electrons. The van der Waals surface area contributed by atoms with Crippen LogP contribution in [0.2, 0.25) is 10.0 Å². The molecule has 0 saturated carbocycles. The molecule has 7 heteroatoms. The second-order valence-electron chi connectivity index (χ2n) is 5.33. The van der Waals surface area contributed by atoms with Crippen molar-refractivity contribution in [2.24, 2.45) is 0 Å². The van der Waals surface area contributed by atoms with Crippen LogP contribution in [0.15, 0.2) is 70.1 Å². The van der Waals surface area contributed by atoms with E-state index in [1.807, 2.05) is 30.3 Å². The van der Waals surface area contributed by atoms with Crippen LogP contribution in [0, 0.1) is 0 Å². The molecule has 0 aliphatic carbocycles. The normalized spacial score (nSPS) is 10.4. The molecular formula is C19H13Cl2NO4. The number of amides is 1. The number of rotatable bonds is 5. The molecule has 3 aromatic rings. The Bertz CT molecular complexity index is 986. The van der Waals surface area contributed by atoms with Gasteiger partial charge in [0, 0.05) is 11.1 Å². The highest BCUT2D eigenvalue weighted by molar-refractivity contribution is 6.36. The van der Waals surface area contributed by atoms with E-state index in [4.69, 9.17) is 32.4 Å². The fourth-order valence-electron chi connectivity index (χ4n) is 2.13. The molecule has 0 spiro atoms. The van der Waals surface area contributed by atoms with Gasteiger partial charge in [-0.25, -0.2) is 0 Å². The number of benzene rings is 2. The smallest absolute Gasteiger partial charge is 0.291 e. The number of carbonyl (C=O) groups is 1. The van der Waals surface area contributed by atoms with E-state index in [1.54, 1.807) is 12.1 Å². The summed E-state index contributed by atoms with van der Waals surface area (Å²) in [6.07, 6.45) is 1.11. The van der Waals surface area contributed by atoms with E-state index in [9.17, 15) is 9.59 Å². The maximum absolute atomic E-state index is 12.2. The summed E-state index contributed by atoms with van der Waals surface area (Å²) >= 11 is 11.8. The average Bonchev–Trinajstić information content (AvgIpc) is 2.63. The maximum atomic E-state index is 12.2. The summed E-state index contributed by atoms with van der Waals surface area (Å²) in [6.45, 7) is 0.220. The molecule has 1 N–H and O–H groups in total. The summed E-state index contributed by atoms with van der Waals surface area (Å²) < 4.78 is 10.7. The largest absolute Gasteiger partial charge is 0.482 e. The second kappa shape index (κ2) is 8.08. The van der Waals surface area contributed by atoms with Crippen LogP contribution in [0.5, 0.6) is 5.75 Å². The van der Waals surface area contributed by atoms with Gasteiger partial charge in [0.2, 0.25) is 11.2 Å². The molecule has 0 saturated heterocycles. The van der Waals surface area contributed by atoms with Crippen molar-refractivity contribution < 1.29 is 13.9 Å². The third-order valence-electron chi connectivity index (χ3n) is 3.44. The predicted octanol–water partition coefficient (Wildman–Crippen LogP) is 4.78. The highest BCUT2D eigenvalue weighted by Crippen LogP contribution is 2.25. The van der Waals surface area contributed by atoms with Gasteiger partial charge in [-0.1, -0.05) is 53.5 Å². The fourth-order valence-corrected chi connectivity index (χ4v) is 2.59. The van der Waals surface area contributed by atoms with Gasteiger partial charge >= 0.3 is 0 Å². The molecule has 0 radical (unpaired) electrons. The fraction of sp³-hybridized carbons (Fsp3) is 0.0526. The minimum Gasteiger partial charge on any atom is -0.482 e. The molecule has 3 rings (SSSR count). The van der Waals surface area contributed by atoms with Crippen molar-refractivity contribution in [3.8, 4) is 5.75 Å². The summed E-state index contributed by atoms with van der Waals surface area (Å²) in [4.78, 5) is 24.3. The van der Waals surface area contributed by atoms with Crippen molar-refractivity contribution in [3.63, 3.8) is 0 Å². The van der Waals surface area contributed by atoms with Gasteiger partial charge in [-0.3, -0.25) is 9.59 Å². The molecule has 0 unspecified atom stereocenters. The molecule has 26 heavy (non-hydrogen) atoms. The standard InChI is InChI=1S/C19H13Cl2NO4/c20-13-6-7-15(14(21)8-13)22-19(24)17-9-16(23)18(11-26-17)25-10-12-4-2-1-3-5-12/h1-9,11H,10H2,(H,22,24). The van der Waals surface area contributed by atoms with Crippen LogP contribution >= 0.6 is 23.2 Å². The zero-order valence-corrected chi connectivity index (χ0v) is 14.9. The van der Waals surface area contributed by atoms with Crippen LogP contribution in [0.25, 0.3) is 0 Å². The van der Waals surface area contributed by atoms with Crippen molar-refractivity contribution in [3.05, 3.63) is 92.5 Å². The molecule has 0 bridgehead atoms. The highest BCUT2D eigenvalue weighted by atomic mass is 35.5. The van der Waals surface area contributed by atoms with Gasteiger partial charge < -0.3 is 14.5 Å². The van der Waals surface area contributed by atoms with Gasteiger partial charge in [-0.05, 0) is 23.8 Å². The monoisotopic (exact) mass is 389 g/mol. The molecule has 5 nitrogen and oxygen atoms in total. The molecular weight excluding hydrogens is 377 g/mol. The second-order valence-corrected chi connectivity index (χ2v) is 6.17. The van der Waals surface area contributed by atoms with Crippen LogP contribution in [0.3, 0.4) is 0 Å². The lowest BCUT2D eigenvalue weighted by Crippen LogP contribution is -2.16. The predicted molar refractivity (Wildman–Crippen MR) is 100 cm³/mol. The minimum absolute atomic E-state index is 0.0231. The first kappa shape index (κ1) is 18.0. The van der Waals surface area contributed by atoms with Crippen molar-refractivity contribution in [1.82, 2.24) is 0 Å². The Morgan fingerprint density at radius 3 is 2.54 bits per heavy atom. The number of ether oxygens (including phenoxy) is 1. The number of hydrogen-bond acceptors (Lipinski definition) is 4. The van der Waals surface area contributed by atoms with E-state index >= 15 is 0 Å². The van der Waals surface area contributed by atoms with Crippen LogP contribution in [-0.2, 0) is 6.61 Å². The topological polar surface area (TPSA) is 68.5 Å². The van der Waals surface area contributed by atoms with Crippen molar-refractivity contribution in [2.75, 3.05) is 5.32 Å². The van der Waals surface area contributed by atoms with E-state index in [0.29, 0.717) is 10.7 Å². The molecule has 1 aromatic heterocycles. The number of carbonyl (C=O) groups excluding carboxylic acids is 1. The molecule has 0 aliphatic heterocycles. The van der Waals surface area contributed by atoms with E-state index < -0.39 is 11.3 Å². The summed E-state index contributed by atoms with van der Waals surface area (Å²) in [6, 6.07) is 15.1. The Kier molecular flexibility index (Phi) is 5.61. The summed E-state index contributed by atoms with van der Waals surface area (Å²) in [5.74, 6) is -0.746. The van der Waals surface area contributed by atoms with Crippen LogP contribution in [-0.4, -0.2) is 5.91 Å². The molecule has 0 aliphatic rings. The Labute approximate surface area is 159 Å². The van der Waals surface area contributed by atoms with E-state index in [-0.39, 0.29) is 23.1 Å². The number of halogens is 2. The Balaban J connectivity index is 1.70. The first-order chi connectivity index (χ1) is 12.5. The zero-order valence-electron chi connectivity index (χ0n) is 13.4. The first-order valence-electron chi connectivity index (χ1n) is 7.59. The van der Waals surface area contributed by atoms with E-state index in [2.05, 4.69) is 5.32 Å². The molecule has 1 heterocycles. The number of anilines is 1. The molecule has 2 aromatic carbocycles. The van der Waals surface area contributed by atoms with Crippen molar-refractivity contribution >= 4 is 34.8 Å². The van der Waals surface area contributed by atoms with Crippen LogP contribution < -0.4 is 15.5 Å². The molecule has 0 fully saturated rings. The Hall–Kier alpha value is -2.76. The Morgan fingerprint density at radius 2 is 1.85 bits per heavy atom. The van der Waals surface area contributed by atoms with Gasteiger partial charge in [-0.2, -0.15) is 0 Å². The van der Waals surface area contributed by atoms with Gasteiger partial charge in [0.25, 0.3) is 5.91 Å². The van der Waals surface area contributed by atoms with Gasteiger partial charge in [0.15, 0.2) is 5.76 Å². The molecule has 1 amide bonds. The van der Waals surface area contributed by atoms with E-state index in [0.717, 1.165) is 17.9 Å². The molecule has 0 atom stereocenters. The number of nitrogens with one attached hydrogen (secondary N) is 1. The lowest BCUT2D eigenvalue weighted by Gasteiger charge is -2.08. The average molecular weight is 390 g/mol. The van der Waals surface area contributed by atoms with Crippen LogP contribution in [0.4, 0.5) is 5.69 Å². The van der Waals surface area contributed by atoms with Crippen molar-refractivity contribution in [2.45, 2.75) is 6.61 Å². The highest BCUT2D eigenvalue weighted by Gasteiger charge is 2.14. The van der Waals surface area contributed by atoms with Gasteiger partial charge in [0.1, 0.15) is 12.9 Å². The quantitative estimate of drug-likeness (QED) is 0.681. The number of hydrogen-bond donors (Lipinski definition) is 1. The van der Waals surface area contributed by atoms with Gasteiger partial charge in [0.05, 0.1) is 10.7 Å². The zero-order chi connectivity index (χ0) is 18.5. The SMILES string of the molecule is O=C(Nc1ccc(Cl)cc1Cl)c1cc(=O)c(OCc2ccccc2)co1. The first-order valence-corrected chi connectivity index (χ1v) is 8.34. The minimum atomic E-state index is -0.610. The lowest BCUT2D eigenvalue weighted by atomic mass is 10.2. The Morgan fingerprint density at radius 1 is 1.08 bits per heavy atom. The summed E-state index contributed by atoms with van der Waals surface area (Å²) in [5, 5.41) is 3.27. The van der Waals surface area contributed by atoms with E-state index in [1.165, 1.54) is 6.07 Å². The summed E-state index contributed by atoms with van der Waals surface area (Å²) in [7, 11) is 0. The maximum Gasteiger partial charge on any atom is 0.291 e. The summed E-state index contributed by atoms with van der Waals surface area (Å²) in [5.41, 5.74) is 0.804. The third-order valence-corrected chi connectivity index (χ3v) is 3.99. The van der Waals surface area contributed by atoms with Gasteiger partial charge in [-0.15, -0.1) is 0 Å². The third kappa shape index (κ3) is 4.45.